The molecule has 1 atom stereocenters. The van der Waals surface area contributed by atoms with Gasteiger partial charge in [0.25, 0.3) is 11.1 Å². The highest BCUT2D eigenvalue weighted by atomic mass is 32.2. The van der Waals surface area contributed by atoms with Crippen molar-refractivity contribution in [3.63, 3.8) is 0 Å². The number of anilines is 3. The van der Waals surface area contributed by atoms with Crippen molar-refractivity contribution < 1.29 is 17.2 Å². The van der Waals surface area contributed by atoms with Crippen molar-refractivity contribution in [3.8, 4) is 5.69 Å². The average molecular weight is 613 g/mol. The highest BCUT2D eigenvalue weighted by Gasteiger charge is 2.33. The number of aryl methyl sites for hydroxylation is 2. The normalized spacial score (nSPS) is 17.5. The first-order chi connectivity index (χ1) is 20.4. The minimum absolute atomic E-state index is 0.00288. The Labute approximate surface area is 245 Å². The third kappa shape index (κ3) is 5.03. The number of alkyl halides is 1. The molecule has 43 heavy (non-hydrogen) atoms. The largest absolute Gasteiger partial charge is 0.338 e. The summed E-state index contributed by atoms with van der Waals surface area (Å²) in [5, 5.41) is 2.92. The van der Waals surface area contributed by atoms with Gasteiger partial charge in [-0.15, -0.1) is 0 Å². The molecular weight excluding hydrogens is 582 g/mol. The molecule has 14 heteroatoms. The van der Waals surface area contributed by atoms with Crippen molar-refractivity contribution in [3.05, 3.63) is 90.6 Å². The van der Waals surface area contributed by atoms with Crippen LogP contribution in [0.15, 0.2) is 56.8 Å². The number of hydrogen-bond acceptors (Lipinski definition) is 6. The van der Waals surface area contributed by atoms with Gasteiger partial charge in [-0.05, 0) is 69.0 Å². The fraction of sp³-hybridized carbons (Fsp3) is 0.345. The van der Waals surface area contributed by atoms with Gasteiger partial charge < -0.3 is 5.32 Å². The molecule has 4 aromatic rings. The monoisotopic (exact) mass is 612 g/mol. The van der Waals surface area contributed by atoms with Gasteiger partial charge in [0.1, 0.15) is 23.2 Å². The Morgan fingerprint density at radius 3 is 2.37 bits per heavy atom. The van der Waals surface area contributed by atoms with Crippen LogP contribution in [-0.2, 0) is 17.3 Å². The molecule has 2 fully saturated rings. The van der Waals surface area contributed by atoms with Gasteiger partial charge in [-0.25, -0.2) is 13.6 Å². The van der Waals surface area contributed by atoms with Gasteiger partial charge in [-0.2, -0.15) is 12.7 Å². The van der Waals surface area contributed by atoms with Crippen LogP contribution in [0.25, 0.3) is 16.6 Å². The van der Waals surface area contributed by atoms with E-state index < -0.39 is 39.0 Å². The third-order valence-electron chi connectivity index (χ3n) is 7.92. The van der Waals surface area contributed by atoms with E-state index in [0.29, 0.717) is 18.4 Å². The number of nitrogens with one attached hydrogen (secondary N) is 2. The van der Waals surface area contributed by atoms with Crippen molar-refractivity contribution in [2.45, 2.75) is 45.3 Å². The summed E-state index contributed by atoms with van der Waals surface area (Å²) in [6, 6.07) is 10.1. The topological polar surface area (TPSA) is 127 Å². The Kier molecular flexibility index (Phi) is 7.00. The molecule has 0 bridgehead atoms. The van der Waals surface area contributed by atoms with Gasteiger partial charge in [0.05, 0.1) is 22.6 Å². The highest BCUT2D eigenvalue weighted by molar-refractivity contribution is 7.90. The lowest BCUT2D eigenvalue weighted by Gasteiger charge is -2.21. The van der Waals surface area contributed by atoms with Crippen LogP contribution in [0.1, 0.15) is 36.4 Å². The zero-order valence-corrected chi connectivity index (χ0v) is 24.5. The molecule has 1 aliphatic carbocycles. The molecule has 0 spiro atoms. The fourth-order valence-electron chi connectivity index (χ4n) is 5.53. The smallest absolute Gasteiger partial charge is 0.336 e. The van der Waals surface area contributed by atoms with Crippen LogP contribution in [-0.4, -0.2) is 45.7 Å². The summed E-state index contributed by atoms with van der Waals surface area (Å²) in [6.07, 6.45) is 0.0539. The standard InChI is InChI=1S/C29H30F2N6O5S/c1-16-7-10-23(22(31)13-16)32-26-24-25(17(2)27(38)34(26)3)36(29(40)37(28(24)39)20-8-9-20)21-6-4-5-19(14-21)33-43(41,42)35-12-11-18(30)15-35/h4-7,10,13-14,18,20,32-33H,8-9,11-12,15H2,1-3H3/t18-/m0/s1. The van der Waals surface area contributed by atoms with Gasteiger partial charge in [0.15, 0.2) is 0 Å². The van der Waals surface area contributed by atoms with Crippen LogP contribution in [0.4, 0.5) is 26.0 Å². The molecule has 2 aromatic carbocycles. The molecule has 226 valence electrons. The lowest BCUT2D eigenvalue weighted by molar-refractivity contribution is 0.343. The van der Waals surface area contributed by atoms with E-state index in [2.05, 4.69) is 10.0 Å². The lowest BCUT2D eigenvalue weighted by Crippen LogP contribution is -2.41. The Morgan fingerprint density at radius 2 is 1.72 bits per heavy atom. The second-order valence-corrected chi connectivity index (χ2v) is 12.8. The molecule has 2 aliphatic rings. The van der Waals surface area contributed by atoms with Gasteiger partial charge in [0, 0.05) is 31.7 Å². The fourth-order valence-corrected chi connectivity index (χ4v) is 6.79. The summed E-state index contributed by atoms with van der Waals surface area (Å²) >= 11 is 0. The van der Waals surface area contributed by atoms with E-state index in [0.717, 1.165) is 8.87 Å². The maximum atomic E-state index is 14.9. The van der Waals surface area contributed by atoms with E-state index >= 15 is 0 Å². The van der Waals surface area contributed by atoms with E-state index in [9.17, 15) is 31.6 Å². The minimum atomic E-state index is -4.08. The first-order valence-electron chi connectivity index (χ1n) is 13.8. The molecule has 3 heterocycles. The Bertz CT molecular complexity index is 2080. The van der Waals surface area contributed by atoms with Crippen LogP contribution in [0.2, 0.25) is 0 Å². The van der Waals surface area contributed by atoms with Crippen molar-refractivity contribution in [1.82, 2.24) is 18.0 Å². The SMILES string of the molecule is Cc1ccc(Nc2c3c(=O)n(C4CC4)c(=O)n(-c4cccc(NS(=O)(=O)N5CC[C@H](F)C5)c4)c3c(C)c(=O)n2C)c(F)c1. The Morgan fingerprint density at radius 1 is 0.977 bits per heavy atom. The molecule has 0 amide bonds. The second-order valence-electron chi connectivity index (χ2n) is 11.1. The third-order valence-corrected chi connectivity index (χ3v) is 9.42. The summed E-state index contributed by atoms with van der Waals surface area (Å²) in [5.74, 6) is -0.581. The number of rotatable bonds is 7. The summed E-state index contributed by atoms with van der Waals surface area (Å²) < 4.78 is 61.5. The first-order valence-corrected chi connectivity index (χ1v) is 15.3. The quantitative estimate of drug-likeness (QED) is 0.330. The van der Waals surface area contributed by atoms with Crippen LogP contribution >= 0.6 is 0 Å². The van der Waals surface area contributed by atoms with E-state index in [4.69, 9.17) is 0 Å². The van der Waals surface area contributed by atoms with Gasteiger partial charge in [-0.3, -0.25) is 28.0 Å². The van der Waals surface area contributed by atoms with Crippen molar-refractivity contribution in [2.24, 2.45) is 7.05 Å². The second kappa shape index (κ2) is 10.5. The molecule has 2 N–H and O–H groups in total. The van der Waals surface area contributed by atoms with Crippen LogP contribution < -0.4 is 26.8 Å². The van der Waals surface area contributed by atoms with Crippen molar-refractivity contribution in [1.29, 1.82) is 0 Å². The average Bonchev–Trinajstić information content (AvgIpc) is 3.68. The maximum absolute atomic E-state index is 14.9. The van der Waals surface area contributed by atoms with E-state index in [-0.39, 0.29) is 64.9 Å². The van der Waals surface area contributed by atoms with Gasteiger partial charge in [0.2, 0.25) is 0 Å². The number of fused-ring (bicyclic) bond motifs is 1. The molecular formula is C29H30F2N6O5S. The Hall–Kier alpha value is -4.30. The summed E-state index contributed by atoms with van der Waals surface area (Å²) in [7, 11) is -2.63. The Balaban J connectivity index is 1.59. The summed E-state index contributed by atoms with van der Waals surface area (Å²) in [5.41, 5.74) is -0.709. The number of aromatic nitrogens is 3. The first kappa shape index (κ1) is 28.8. The molecule has 11 nitrogen and oxygen atoms in total. The molecule has 0 unspecified atom stereocenters. The molecule has 1 saturated heterocycles. The number of halogens is 2. The molecule has 1 saturated carbocycles. The highest BCUT2D eigenvalue weighted by Crippen LogP contribution is 2.34. The minimum Gasteiger partial charge on any atom is -0.338 e. The number of benzene rings is 2. The van der Waals surface area contributed by atoms with Gasteiger partial charge >= 0.3 is 15.9 Å². The predicted molar refractivity (Wildman–Crippen MR) is 160 cm³/mol. The van der Waals surface area contributed by atoms with Crippen LogP contribution in [0, 0.1) is 19.7 Å². The molecule has 6 rings (SSSR count). The van der Waals surface area contributed by atoms with E-state index in [1.54, 1.807) is 19.1 Å². The summed E-state index contributed by atoms with van der Waals surface area (Å²) in [4.78, 5) is 41.4. The number of pyridine rings is 1. The van der Waals surface area contributed by atoms with Crippen LogP contribution in [0.5, 0.6) is 0 Å². The van der Waals surface area contributed by atoms with Gasteiger partial charge in [-0.1, -0.05) is 12.1 Å². The van der Waals surface area contributed by atoms with Crippen molar-refractivity contribution in [2.75, 3.05) is 23.1 Å². The maximum Gasteiger partial charge on any atom is 0.336 e. The number of nitrogens with zero attached hydrogens (tertiary/aromatic N) is 4. The lowest BCUT2D eigenvalue weighted by atomic mass is 10.1. The molecule has 0 radical (unpaired) electrons. The zero-order valence-electron chi connectivity index (χ0n) is 23.7. The molecule has 1 aliphatic heterocycles. The predicted octanol–water partition coefficient (Wildman–Crippen LogP) is 3.39. The summed E-state index contributed by atoms with van der Waals surface area (Å²) in [6.45, 7) is 3.00. The number of hydrogen-bond donors (Lipinski definition) is 2. The van der Waals surface area contributed by atoms with Crippen LogP contribution in [0.3, 0.4) is 0 Å². The molecule has 2 aromatic heterocycles. The van der Waals surface area contributed by atoms with Crippen molar-refractivity contribution >= 4 is 38.3 Å². The van der Waals surface area contributed by atoms with E-state index in [1.807, 2.05) is 0 Å². The van der Waals surface area contributed by atoms with E-state index in [1.165, 1.54) is 53.4 Å². The zero-order chi connectivity index (χ0) is 30.8.